The largest absolute Gasteiger partial charge is 0.375 e. The predicted octanol–water partition coefficient (Wildman–Crippen LogP) is 2.23. The van der Waals surface area contributed by atoms with E-state index in [1.807, 2.05) is 0 Å². The summed E-state index contributed by atoms with van der Waals surface area (Å²) < 4.78 is 5.98. The van der Waals surface area contributed by atoms with Crippen LogP contribution < -0.4 is 10.6 Å². The Morgan fingerprint density at radius 3 is 2.75 bits per heavy atom. The molecule has 3 unspecified atom stereocenters. The second kappa shape index (κ2) is 6.90. The van der Waals surface area contributed by atoms with E-state index in [-0.39, 0.29) is 23.6 Å². The Bertz CT molecular complexity index is 328. The molecule has 0 spiro atoms. The highest BCUT2D eigenvalue weighted by atomic mass is 16.5. The lowest BCUT2D eigenvalue weighted by atomic mass is 9.85. The molecule has 20 heavy (non-hydrogen) atoms. The van der Waals surface area contributed by atoms with Gasteiger partial charge in [0.1, 0.15) is 0 Å². The highest BCUT2D eigenvalue weighted by Crippen LogP contribution is 2.31. The Morgan fingerprint density at radius 2 is 2.10 bits per heavy atom. The molecule has 0 bridgehead atoms. The Balaban J connectivity index is 1.90. The third kappa shape index (κ3) is 3.53. The third-order valence-corrected chi connectivity index (χ3v) is 5.18. The van der Waals surface area contributed by atoms with Crippen molar-refractivity contribution in [1.82, 2.24) is 10.6 Å². The molecular weight excluding hydrogens is 252 g/mol. The molecule has 4 heteroatoms. The normalized spacial score (nSPS) is 33.6. The number of ether oxygens (including phenoxy) is 1. The van der Waals surface area contributed by atoms with Crippen molar-refractivity contribution in [2.75, 3.05) is 13.2 Å². The van der Waals surface area contributed by atoms with Crippen molar-refractivity contribution in [3.05, 3.63) is 0 Å². The van der Waals surface area contributed by atoms with E-state index in [1.165, 1.54) is 6.42 Å². The summed E-state index contributed by atoms with van der Waals surface area (Å²) in [6.07, 6.45) is 6.26. The smallest absolute Gasteiger partial charge is 0.237 e. The summed E-state index contributed by atoms with van der Waals surface area (Å²) in [5.74, 6) is 0.621. The van der Waals surface area contributed by atoms with E-state index in [1.54, 1.807) is 0 Å². The van der Waals surface area contributed by atoms with Crippen LogP contribution in [0.4, 0.5) is 0 Å². The molecule has 2 rings (SSSR count). The van der Waals surface area contributed by atoms with E-state index in [9.17, 15) is 4.79 Å². The van der Waals surface area contributed by atoms with Gasteiger partial charge >= 0.3 is 0 Å². The number of piperidine rings is 1. The maximum Gasteiger partial charge on any atom is 0.237 e. The zero-order chi connectivity index (χ0) is 14.6. The fraction of sp³-hybridized carbons (Fsp3) is 0.938. The summed E-state index contributed by atoms with van der Waals surface area (Å²) in [6.45, 7) is 8.25. The Morgan fingerprint density at radius 1 is 1.35 bits per heavy atom. The summed E-state index contributed by atoms with van der Waals surface area (Å²) >= 11 is 0. The number of hydrogen-bond donors (Lipinski definition) is 2. The Kier molecular flexibility index (Phi) is 5.44. The maximum atomic E-state index is 12.4. The van der Waals surface area contributed by atoms with Crippen LogP contribution in [0.1, 0.15) is 59.3 Å². The van der Waals surface area contributed by atoms with E-state index in [0.717, 1.165) is 45.3 Å². The van der Waals surface area contributed by atoms with Crippen molar-refractivity contribution in [3.8, 4) is 0 Å². The first-order chi connectivity index (χ1) is 9.60. The van der Waals surface area contributed by atoms with E-state index in [0.29, 0.717) is 5.92 Å². The topological polar surface area (TPSA) is 50.4 Å². The predicted molar refractivity (Wildman–Crippen MR) is 80.6 cm³/mol. The van der Waals surface area contributed by atoms with Gasteiger partial charge in [0.25, 0.3) is 0 Å². The molecule has 0 aromatic rings. The van der Waals surface area contributed by atoms with Crippen molar-refractivity contribution in [1.29, 1.82) is 0 Å². The molecule has 4 nitrogen and oxygen atoms in total. The summed E-state index contributed by atoms with van der Waals surface area (Å²) in [4.78, 5) is 12.4. The molecule has 2 N–H and O–H groups in total. The number of hydrogen-bond acceptors (Lipinski definition) is 3. The standard InChI is InChI=1S/C16H30N2O2/c1-4-16(5-2)11-13(8-10-20-16)18-15(19)14-12(3)7-6-9-17-14/h12-14,17H,4-11H2,1-3H3,(H,18,19). The van der Waals surface area contributed by atoms with Crippen LogP contribution in [-0.2, 0) is 9.53 Å². The SMILES string of the molecule is CCC1(CC)CC(NC(=O)C2NCCCC2C)CCO1. The minimum Gasteiger partial charge on any atom is -0.375 e. The first-order valence-corrected chi connectivity index (χ1v) is 8.28. The van der Waals surface area contributed by atoms with Gasteiger partial charge in [-0.15, -0.1) is 0 Å². The summed E-state index contributed by atoms with van der Waals surface area (Å²) in [5.41, 5.74) is -0.0260. The van der Waals surface area contributed by atoms with Crippen LogP contribution >= 0.6 is 0 Å². The minimum atomic E-state index is -0.0260. The van der Waals surface area contributed by atoms with E-state index in [4.69, 9.17) is 4.74 Å². The number of amides is 1. The second-order valence-corrected chi connectivity index (χ2v) is 6.49. The minimum absolute atomic E-state index is 0.00996. The first kappa shape index (κ1) is 15.8. The summed E-state index contributed by atoms with van der Waals surface area (Å²) in [6, 6.07) is 0.260. The van der Waals surface area contributed by atoms with Crippen LogP contribution in [0.25, 0.3) is 0 Å². The lowest BCUT2D eigenvalue weighted by Crippen LogP contribution is -2.55. The molecule has 0 radical (unpaired) electrons. The van der Waals surface area contributed by atoms with Crippen LogP contribution in [0.5, 0.6) is 0 Å². The zero-order valence-corrected chi connectivity index (χ0v) is 13.2. The molecule has 0 aliphatic carbocycles. The lowest BCUT2D eigenvalue weighted by Gasteiger charge is -2.41. The monoisotopic (exact) mass is 282 g/mol. The van der Waals surface area contributed by atoms with Gasteiger partial charge in [-0.05, 0) is 51.0 Å². The number of rotatable bonds is 4. The van der Waals surface area contributed by atoms with Crippen molar-refractivity contribution < 1.29 is 9.53 Å². The first-order valence-electron chi connectivity index (χ1n) is 8.28. The van der Waals surface area contributed by atoms with E-state index in [2.05, 4.69) is 31.4 Å². The van der Waals surface area contributed by atoms with E-state index >= 15 is 0 Å². The zero-order valence-electron chi connectivity index (χ0n) is 13.2. The Labute approximate surface area is 123 Å². The maximum absolute atomic E-state index is 12.4. The van der Waals surface area contributed by atoms with Gasteiger partial charge in [0.2, 0.25) is 5.91 Å². The van der Waals surface area contributed by atoms with Gasteiger partial charge in [-0.25, -0.2) is 0 Å². The van der Waals surface area contributed by atoms with Gasteiger partial charge in [-0.3, -0.25) is 4.79 Å². The summed E-state index contributed by atoms with van der Waals surface area (Å²) in [7, 11) is 0. The second-order valence-electron chi connectivity index (χ2n) is 6.49. The number of carbonyl (C=O) groups is 1. The molecule has 2 aliphatic heterocycles. The average molecular weight is 282 g/mol. The van der Waals surface area contributed by atoms with Crippen LogP contribution in [0, 0.1) is 5.92 Å². The van der Waals surface area contributed by atoms with Crippen molar-refractivity contribution in [2.24, 2.45) is 5.92 Å². The molecular formula is C16H30N2O2. The third-order valence-electron chi connectivity index (χ3n) is 5.18. The van der Waals surface area contributed by atoms with E-state index < -0.39 is 0 Å². The highest BCUT2D eigenvalue weighted by Gasteiger charge is 2.36. The average Bonchev–Trinajstić information content (AvgIpc) is 2.47. The van der Waals surface area contributed by atoms with Gasteiger partial charge < -0.3 is 15.4 Å². The number of nitrogens with one attached hydrogen (secondary N) is 2. The molecule has 0 aromatic heterocycles. The van der Waals surface area contributed by atoms with Gasteiger partial charge in [0.15, 0.2) is 0 Å². The van der Waals surface area contributed by atoms with Gasteiger partial charge in [-0.2, -0.15) is 0 Å². The molecule has 116 valence electrons. The Hall–Kier alpha value is -0.610. The molecule has 1 amide bonds. The van der Waals surface area contributed by atoms with Crippen LogP contribution in [0.2, 0.25) is 0 Å². The number of carbonyl (C=O) groups excluding carboxylic acids is 1. The van der Waals surface area contributed by atoms with Gasteiger partial charge in [-0.1, -0.05) is 20.8 Å². The molecule has 2 fully saturated rings. The highest BCUT2D eigenvalue weighted by molar-refractivity contribution is 5.82. The quantitative estimate of drug-likeness (QED) is 0.831. The van der Waals surface area contributed by atoms with Crippen molar-refractivity contribution in [3.63, 3.8) is 0 Å². The summed E-state index contributed by atoms with van der Waals surface area (Å²) in [5, 5.41) is 6.62. The molecule has 3 atom stereocenters. The molecule has 2 saturated heterocycles. The van der Waals surface area contributed by atoms with Crippen molar-refractivity contribution in [2.45, 2.75) is 77.0 Å². The molecule has 2 aliphatic rings. The van der Waals surface area contributed by atoms with Gasteiger partial charge in [0.05, 0.1) is 11.6 Å². The molecule has 0 saturated carbocycles. The van der Waals surface area contributed by atoms with Crippen LogP contribution in [-0.4, -0.2) is 36.7 Å². The fourth-order valence-electron chi connectivity index (χ4n) is 3.59. The molecule has 0 aromatic carbocycles. The van der Waals surface area contributed by atoms with Crippen molar-refractivity contribution >= 4 is 5.91 Å². The molecule has 2 heterocycles. The van der Waals surface area contributed by atoms with Crippen LogP contribution in [0.15, 0.2) is 0 Å². The fourth-order valence-corrected chi connectivity index (χ4v) is 3.59. The van der Waals surface area contributed by atoms with Gasteiger partial charge in [0, 0.05) is 12.6 Å². The van der Waals surface area contributed by atoms with Crippen LogP contribution in [0.3, 0.4) is 0 Å². The lowest BCUT2D eigenvalue weighted by molar-refractivity contribution is -0.129.